The van der Waals surface area contributed by atoms with E-state index in [-0.39, 0.29) is 39.9 Å². The van der Waals surface area contributed by atoms with Crippen LogP contribution in [0.3, 0.4) is 0 Å². The number of hydrogen-bond donors (Lipinski definition) is 0. The predicted octanol–water partition coefficient (Wildman–Crippen LogP) is 2.99. The summed E-state index contributed by atoms with van der Waals surface area (Å²) >= 11 is 11.8. The first-order chi connectivity index (χ1) is 15.2. The Morgan fingerprint density at radius 3 is 2.69 bits per heavy atom. The van der Waals surface area contributed by atoms with Crippen LogP contribution in [0.25, 0.3) is 16.9 Å². The molecule has 4 aromatic rings. The molecule has 0 spiro atoms. The van der Waals surface area contributed by atoms with Gasteiger partial charge in [0.05, 0.1) is 22.5 Å². The van der Waals surface area contributed by atoms with E-state index in [9.17, 15) is 14.5 Å². The lowest BCUT2D eigenvalue weighted by molar-refractivity contribution is -0.386. The summed E-state index contributed by atoms with van der Waals surface area (Å²) in [7, 11) is 1.68. The van der Waals surface area contributed by atoms with Gasteiger partial charge in [0.2, 0.25) is 5.28 Å². The number of nitrogens with zero attached hydrogens (tertiary/aromatic N) is 9. The van der Waals surface area contributed by atoms with Gasteiger partial charge in [0, 0.05) is 19.3 Å². The molecule has 4 aromatic heterocycles. The highest BCUT2D eigenvalue weighted by atomic mass is 35.5. The zero-order valence-electron chi connectivity index (χ0n) is 17.0. The molecule has 0 bridgehead atoms. The van der Waals surface area contributed by atoms with Crippen molar-refractivity contribution in [1.29, 1.82) is 0 Å². The Morgan fingerprint density at radius 2 is 2.03 bits per heavy atom. The van der Waals surface area contributed by atoms with Crippen molar-refractivity contribution in [2.45, 2.75) is 26.6 Å². The van der Waals surface area contributed by atoms with Crippen molar-refractivity contribution in [3.8, 4) is 11.7 Å². The number of hydrogen-bond acceptors (Lipinski definition) is 8. The molecule has 12 nitrogen and oxygen atoms in total. The first-order valence-corrected chi connectivity index (χ1v) is 9.97. The van der Waals surface area contributed by atoms with Crippen LogP contribution in [-0.2, 0) is 13.6 Å². The van der Waals surface area contributed by atoms with Crippen LogP contribution in [0.5, 0.6) is 5.88 Å². The fourth-order valence-corrected chi connectivity index (χ4v) is 3.59. The Kier molecular flexibility index (Phi) is 5.69. The molecule has 32 heavy (non-hydrogen) atoms. The summed E-state index contributed by atoms with van der Waals surface area (Å²) in [5.41, 5.74) is 0.832. The number of aromatic nitrogens is 8. The Hall–Kier alpha value is -3.32. The number of nitro groups is 1. The maximum atomic E-state index is 14.7. The second-order valence-corrected chi connectivity index (χ2v) is 7.63. The Balaban J connectivity index is 1.56. The van der Waals surface area contributed by atoms with Gasteiger partial charge in [-0.05, 0) is 25.4 Å². The van der Waals surface area contributed by atoms with Gasteiger partial charge in [-0.25, -0.2) is 18.7 Å². The molecule has 0 fully saturated rings. The van der Waals surface area contributed by atoms with Gasteiger partial charge in [0.1, 0.15) is 12.3 Å². The van der Waals surface area contributed by atoms with Gasteiger partial charge in [0.15, 0.2) is 22.8 Å². The average Bonchev–Trinajstić information content (AvgIpc) is 3.33. The zero-order valence-corrected chi connectivity index (χ0v) is 18.5. The normalized spacial score (nSPS) is 12.4. The van der Waals surface area contributed by atoms with E-state index in [1.807, 2.05) is 0 Å². The summed E-state index contributed by atoms with van der Waals surface area (Å²) in [6.45, 7) is 2.52. The molecule has 15 heteroatoms. The molecule has 0 aliphatic heterocycles. The van der Waals surface area contributed by atoms with Crippen molar-refractivity contribution in [2.24, 2.45) is 7.05 Å². The lowest BCUT2D eigenvalue weighted by Gasteiger charge is -2.09. The van der Waals surface area contributed by atoms with E-state index < -0.39 is 17.7 Å². The number of fused-ring (bicyclic) bond motifs is 1. The molecule has 4 rings (SSSR count). The summed E-state index contributed by atoms with van der Waals surface area (Å²) in [6.07, 6.45) is -0.217. The molecule has 0 saturated carbocycles. The number of ether oxygens (including phenoxy) is 1. The zero-order chi connectivity index (χ0) is 23.2. The smallest absolute Gasteiger partial charge is 0.353 e. The third kappa shape index (κ3) is 3.96. The maximum absolute atomic E-state index is 14.7. The molecular formula is C17H16Cl2FN9O3. The molecule has 0 radical (unpaired) electrons. The van der Waals surface area contributed by atoms with Crippen LogP contribution < -0.4 is 4.74 Å². The molecule has 1 unspecified atom stereocenters. The van der Waals surface area contributed by atoms with E-state index in [2.05, 4.69) is 25.3 Å². The predicted molar refractivity (Wildman–Crippen MR) is 112 cm³/mol. The van der Waals surface area contributed by atoms with Crippen LogP contribution in [0.15, 0.2) is 12.3 Å². The number of aryl methyl sites for hydroxylation is 2. The van der Waals surface area contributed by atoms with Crippen LogP contribution >= 0.6 is 23.2 Å². The fourth-order valence-electron chi connectivity index (χ4n) is 3.23. The van der Waals surface area contributed by atoms with Gasteiger partial charge >= 0.3 is 11.6 Å². The molecular weight excluding hydrogens is 468 g/mol. The first-order valence-electron chi connectivity index (χ1n) is 9.22. The van der Waals surface area contributed by atoms with Crippen molar-refractivity contribution in [1.82, 2.24) is 39.3 Å². The molecule has 0 aromatic carbocycles. The number of alkyl halides is 1. The topological polar surface area (TPSA) is 132 Å². The molecule has 1 atom stereocenters. The summed E-state index contributed by atoms with van der Waals surface area (Å²) < 4.78 is 24.2. The highest BCUT2D eigenvalue weighted by Crippen LogP contribution is 2.32. The Labute approximate surface area is 189 Å². The first kappa shape index (κ1) is 21.9. The van der Waals surface area contributed by atoms with Crippen molar-refractivity contribution < 1.29 is 14.1 Å². The fraction of sp³-hybridized carbons (Fsp3) is 0.353. The molecule has 0 aliphatic carbocycles. The van der Waals surface area contributed by atoms with Crippen molar-refractivity contribution >= 4 is 39.9 Å². The standard InChI is InChI=1S/C17H16Cl2FN9O3/c1-8-4-12(26(3)23-8)28-9(2)13(29(30)31)16(25-28)32-7-10(20)6-27-15-11(14(18)24-27)5-21-17(19)22-15/h4-5,10H,6-7H2,1-3H3. The van der Waals surface area contributed by atoms with E-state index in [0.29, 0.717) is 16.9 Å². The number of rotatable bonds is 7. The molecule has 0 N–H and O–H groups in total. The minimum Gasteiger partial charge on any atom is -0.469 e. The van der Waals surface area contributed by atoms with E-state index in [0.717, 1.165) is 0 Å². The van der Waals surface area contributed by atoms with Crippen LogP contribution in [-0.4, -0.2) is 57.0 Å². The van der Waals surface area contributed by atoms with Gasteiger partial charge in [-0.1, -0.05) is 11.6 Å². The second-order valence-electron chi connectivity index (χ2n) is 6.93. The van der Waals surface area contributed by atoms with Gasteiger partial charge < -0.3 is 4.74 Å². The van der Waals surface area contributed by atoms with Crippen LogP contribution in [0, 0.1) is 24.0 Å². The van der Waals surface area contributed by atoms with Gasteiger partial charge in [-0.2, -0.15) is 15.2 Å². The monoisotopic (exact) mass is 483 g/mol. The van der Waals surface area contributed by atoms with E-state index in [1.165, 1.54) is 27.2 Å². The highest BCUT2D eigenvalue weighted by molar-refractivity contribution is 6.34. The summed E-state index contributed by atoms with van der Waals surface area (Å²) in [5, 5.41) is 24.5. The molecule has 0 amide bonds. The maximum Gasteiger partial charge on any atom is 0.353 e. The SMILES string of the molecule is Cc1cc(-n2nc(OCC(F)Cn3nc(Cl)c4cnc(Cl)nc43)c([N+](=O)[O-])c2C)n(C)n1. The lowest BCUT2D eigenvalue weighted by Crippen LogP contribution is -2.21. The molecule has 0 saturated heterocycles. The number of halogens is 3. The van der Waals surface area contributed by atoms with Gasteiger partial charge in [-0.3, -0.25) is 14.8 Å². The summed E-state index contributed by atoms with van der Waals surface area (Å²) in [5.74, 6) is 0.201. The third-order valence-electron chi connectivity index (χ3n) is 4.62. The highest BCUT2D eigenvalue weighted by Gasteiger charge is 2.29. The summed E-state index contributed by atoms with van der Waals surface area (Å²) in [4.78, 5) is 18.8. The molecule has 4 heterocycles. The largest absolute Gasteiger partial charge is 0.469 e. The second kappa shape index (κ2) is 8.31. The minimum absolute atomic E-state index is 0.0379. The average molecular weight is 484 g/mol. The Morgan fingerprint density at radius 1 is 1.28 bits per heavy atom. The van der Waals surface area contributed by atoms with Gasteiger partial charge in [-0.15, -0.1) is 5.10 Å². The van der Waals surface area contributed by atoms with E-state index in [4.69, 9.17) is 27.9 Å². The Bertz CT molecular complexity index is 1330. The quantitative estimate of drug-likeness (QED) is 0.222. The van der Waals surface area contributed by atoms with E-state index >= 15 is 0 Å². The van der Waals surface area contributed by atoms with E-state index in [1.54, 1.807) is 20.0 Å². The van der Waals surface area contributed by atoms with Crippen LogP contribution in [0.2, 0.25) is 10.4 Å². The molecule has 168 valence electrons. The van der Waals surface area contributed by atoms with Crippen molar-refractivity contribution in [3.63, 3.8) is 0 Å². The van der Waals surface area contributed by atoms with Crippen molar-refractivity contribution in [3.05, 3.63) is 44.2 Å². The van der Waals surface area contributed by atoms with Gasteiger partial charge in [0.25, 0.3) is 0 Å². The summed E-state index contributed by atoms with van der Waals surface area (Å²) in [6, 6.07) is 1.71. The van der Waals surface area contributed by atoms with Crippen LogP contribution in [0.1, 0.15) is 11.4 Å². The third-order valence-corrected chi connectivity index (χ3v) is 5.08. The van der Waals surface area contributed by atoms with Crippen molar-refractivity contribution in [2.75, 3.05) is 6.61 Å². The lowest BCUT2D eigenvalue weighted by atomic mass is 10.3. The van der Waals surface area contributed by atoms with Crippen LogP contribution in [0.4, 0.5) is 10.1 Å². The minimum atomic E-state index is -1.60. The molecule has 0 aliphatic rings.